The number of anilines is 2. The van der Waals surface area contributed by atoms with Gasteiger partial charge in [0.1, 0.15) is 12.0 Å². The van der Waals surface area contributed by atoms with E-state index in [1.54, 1.807) is 24.5 Å². The fraction of sp³-hybridized carbons (Fsp3) is 0.457. The van der Waals surface area contributed by atoms with Crippen LogP contribution in [0.4, 0.5) is 11.5 Å². The van der Waals surface area contributed by atoms with E-state index in [2.05, 4.69) is 102 Å². The molecule has 1 N–H and O–H groups in total. The van der Waals surface area contributed by atoms with Crippen LogP contribution >= 0.6 is 23.1 Å². The van der Waals surface area contributed by atoms with Crippen molar-refractivity contribution >= 4 is 56.7 Å². The number of aliphatic hydroxyl groups is 1. The van der Waals surface area contributed by atoms with Crippen LogP contribution < -0.4 is 9.80 Å². The van der Waals surface area contributed by atoms with Gasteiger partial charge in [-0.25, -0.2) is 4.79 Å². The Morgan fingerprint density at radius 3 is 2.23 bits per heavy atom. The Hall–Kier alpha value is -4.22. The first-order chi connectivity index (χ1) is 27.9. The Kier molecular flexibility index (Phi) is 18.4. The number of ether oxygens (including phenoxy) is 2. The summed E-state index contributed by atoms with van der Waals surface area (Å²) in [6.07, 6.45) is 27.6. The molecule has 0 bridgehead atoms. The molecule has 0 spiro atoms. The van der Waals surface area contributed by atoms with Crippen LogP contribution in [0.2, 0.25) is 5.02 Å². The second-order valence-corrected chi connectivity index (χ2v) is 15.5. The molecule has 3 heterocycles. The van der Waals surface area contributed by atoms with Gasteiger partial charge in [0.05, 0.1) is 11.3 Å². The van der Waals surface area contributed by atoms with Crippen LogP contribution in [0.1, 0.15) is 82.8 Å². The van der Waals surface area contributed by atoms with E-state index in [-0.39, 0.29) is 19.4 Å². The molecule has 2 atom stereocenters. The Morgan fingerprint density at radius 1 is 0.912 bits per heavy atom. The number of aromatic nitrogens is 1. The number of rotatable bonds is 22. The topological polar surface area (TPSA) is 95.4 Å². The van der Waals surface area contributed by atoms with Gasteiger partial charge in [-0.05, 0) is 99.1 Å². The number of esters is 2. The van der Waals surface area contributed by atoms with Gasteiger partial charge in [-0.3, -0.25) is 9.69 Å². The Balaban J connectivity index is 1.05. The number of piperazine rings is 1. The molecule has 57 heavy (non-hydrogen) atoms. The Labute approximate surface area is 348 Å². The summed E-state index contributed by atoms with van der Waals surface area (Å²) < 4.78 is 16.9. The maximum atomic E-state index is 13.1. The van der Waals surface area contributed by atoms with Crippen LogP contribution in [-0.4, -0.2) is 78.1 Å². The van der Waals surface area contributed by atoms with Gasteiger partial charge in [0.2, 0.25) is 0 Å². The summed E-state index contributed by atoms with van der Waals surface area (Å²) in [6.45, 7) is 8.51. The van der Waals surface area contributed by atoms with Crippen molar-refractivity contribution < 1.29 is 24.2 Å². The standard InChI is InChI=1S/C46H59ClN4O5S/c1-3-5-6-7-8-9-10-11-12-13-14-15-16-17-18-19-20-21-26-43(53)56-45(46(54)55-4-2)51-40-35-39(47)36(33-37(40)34-42(51)52)27-28-49-29-31-50(32-30-49)44-38-24-22-23-25-41(38)57-48-44/h6-7,9-10,12-13,15-16,18-19,22-25,33,35,42,45,52H,3-5,8,11,14,17,20-21,26-32,34H2,1-2H3/b7-6-,10-9-,13-12-,16-15-,19-18-. The van der Waals surface area contributed by atoms with Gasteiger partial charge in [-0.1, -0.05) is 104 Å². The normalized spacial score (nSPS) is 17.0. The van der Waals surface area contributed by atoms with Crippen LogP contribution in [0.25, 0.3) is 10.1 Å². The highest BCUT2D eigenvalue weighted by atomic mass is 35.5. The first kappa shape index (κ1) is 43.9. The third-order valence-corrected chi connectivity index (χ3v) is 11.3. The summed E-state index contributed by atoms with van der Waals surface area (Å²) in [5.41, 5.74) is 2.40. The first-order valence-corrected chi connectivity index (χ1v) is 21.7. The molecule has 9 nitrogen and oxygen atoms in total. The molecule has 0 radical (unpaired) electrons. The molecule has 2 aromatic carbocycles. The van der Waals surface area contributed by atoms with E-state index in [0.29, 0.717) is 23.6 Å². The summed E-state index contributed by atoms with van der Waals surface area (Å²) >= 11 is 8.39. The predicted octanol–water partition coefficient (Wildman–Crippen LogP) is 9.74. The minimum atomic E-state index is -1.42. The van der Waals surface area contributed by atoms with Gasteiger partial charge < -0.3 is 24.4 Å². The molecular weight excluding hydrogens is 756 g/mol. The van der Waals surface area contributed by atoms with Crippen molar-refractivity contribution in [2.75, 3.05) is 49.1 Å². The molecule has 2 unspecified atom stereocenters. The van der Waals surface area contributed by atoms with Crippen molar-refractivity contribution in [3.05, 3.63) is 113 Å². The highest BCUT2D eigenvalue weighted by Crippen LogP contribution is 2.38. The number of unbranched alkanes of at least 4 members (excludes halogenated alkanes) is 2. The van der Waals surface area contributed by atoms with E-state index < -0.39 is 24.4 Å². The smallest absolute Gasteiger partial charge is 0.369 e. The average Bonchev–Trinajstić information content (AvgIpc) is 3.78. The van der Waals surface area contributed by atoms with Crippen LogP contribution in [0, 0.1) is 0 Å². The number of fused-ring (bicyclic) bond motifs is 2. The number of nitrogens with zero attached hydrogens (tertiary/aromatic N) is 4. The molecule has 2 aliphatic heterocycles. The van der Waals surface area contributed by atoms with Crippen LogP contribution in [0.15, 0.2) is 97.2 Å². The molecule has 0 aliphatic carbocycles. The fourth-order valence-corrected chi connectivity index (χ4v) is 8.07. The molecule has 11 heteroatoms. The quantitative estimate of drug-likeness (QED) is 0.0605. The SMILES string of the molecule is CCC/C=C\C/C=C\C/C=C\C/C=C\C/C=C\CCCC(=O)OC(C(=O)OCC)N1c2cc(Cl)c(CCN3CCN(c4nsc5ccccc45)CC3)cc2CC1O. The summed E-state index contributed by atoms with van der Waals surface area (Å²) in [5, 5.41) is 12.9. The zero-order chi connectivity index (χ0) is 40.2. The van der Waals surface area contributed by atoms with Crippen molar-refractivity contribution in [2.24, 2.45) is 0 Å². The van der Waals surface area contributed by atoms with Crippen molar-refractivity contribution in [2.45, 2.75) is 96.9 Å². The van der Waals surface area contributed by atoms with Gasteiger partial charge in [0, 0.05) is 61.7 Å². The van der Waals surface area contributed by atoms with E-state index in [0.717, 1.165) is 88.2 Å². The maximum absolute atomic E-state index is 13.1. The van der Waals surface area contributed by atoms with E-state index in [1.807, 2.05) is 6.07 Å². The van der Waals surface area contributed by atoms with Crippen LogP contribution in [0.5, 0.6) is 0 Å². The van der Waals surface area contributed by atoms with Gasteiger partial charge >= 0.3 is 11.9 Å². The minimum absolute atomic E-state index is 0.113. The van der Waals surface area contributed by atoms with Crippen molar-refractivity contribution in [1.82, 2.24) is 9.27 Å². The van der Waals surface area contributed by atoms with E-state index >= 15 is 0 Å². The largest absolute Gasteiger partial charge is 0.462 e. The monoisotopic (exact) mass is 814 g/mol. The molecule has 2 aliphatic rings. The molecule has 3 aromatic rings. The zero-order valence-corrected chi connectivity index (χ0v) is 35.1. The molecular formula is C46H59ClN4O5S. The predicted molar refractivity (Wildman–Crippen MR) is 235 cm³/mol. The lowest BCUT2D eigenvalue weighted by Crippen LogP contribution is -2.49. The lowest BCUT2D eigenvalue weighted by Gasteiger charge is -2.35. The average molecular weight is 816 g/mol. The summed E-state index contributed by atoms with van der Waals surface area (Å²) in [7, 11) is 0. The minimum Gasteiger partial charge on any atom is -0.462 e. The van der Waals surface area contributed by atoms with Crippen LogP contribution in [0.3, 0.4) is 0 Å². The van der Waals surface area contributed by atoms with Crippen LogP contribution in [-0.2, 0) is 31.9 Å². The number of carbonyl (C=O) groups is 2. The number of allylic oxidation sites excluding steroid dienone is 10. The number of aliphatic hydroxyl groups excluding tert-OH is 1. The molecule has 1 saturated heterocycles. The second kappa shape index (κ2) is 23.9. The Bertz CT molecular complexity index is 1880. The lowest BCUT2D eigenvalue weighted by molar-refractivity contribution is -0.169. The van der Waals surface area contributed by atoms with Gasteiger partial charge in [0.25, 0.3) is 6.23 Å². The summed E-state index contributed by atoms with van der Waals surface area (Å²) in [5.74, 6) is -0.179. The number of carbonyl (C=O) groups excluding carboxylic acids is 2. The third kappa shape index (κ3) is 13.4. The third-order valence-electron chi connectivity index (χ3n) is 10.1. The second-order valence-electron chi connectivity index (χ2n) is 14.3. The first-order valence-electron chi connectivity index (χ1n) is 20.6. The van der Waals surface area contributed by atoms with Gasteiger partial charge in [-0.2, -0.15) is 4.37 Å². The number of hydrogen-bond acceptors (Lipinski definition) is 10. The summed E-state index contributed by atoms with van der Waals surface area (Å²) in [4.78, 5) is 32.3. The molecule has 0 saturated carbocycles. The maximum Gasteiger partial charge on any atom is 0.369 e. The van der Waals surface area contributed by atoms with Crippen molar-refractivity contribution in [1.29, 1.82) is 0 Å². The van der Waals surface area contributed by atoms with Crippen molar-refractivity contribution in [3.63, 3.8) is 0 Å². The fourth-order valence-electron chi connectivity index (χ4n) is 7.02. The molecule has 0 amide bonds. The highest BCUT2D eigenvalue weighted by molar-refractivity contribution is 7.13. The molecule has 5 rings (SSSR count). The molecule has 306 valence electrons. The van der Waals surface area contributed by atoms with Crippen molar-refractivity contribution in [3.8, 4) is 0 Å². The van der Waals surface area contributed by atoms with E-state index in [1.165, 1.54) is 21.4 Å². The number of hydrogen-bond donors (Lipinski definition) is 1. The highest BCUT2D eigenvalue weighted by Gasteiger charge is 2.41. The summed E-state index contributed by atoms with van der Waals surface area (Å²) in [6, 6.07) is 12.2. The molecule has 1 fully saturated rings. The zero-order valence-electron chi connectivity index (χ0n) is 33.6. The molecule has 1 aromatic heterocycles. The van der Waals surface area contributed by atoms with E-state index in [9.17, 15) is 14.7 Å². The van der Waals surface area contributed by atoms with Gasteiger partial charge in [-0.15, -0.1) is 0 Å². The number of benzene rings is 2. The lowest BCUT2D eigenvalue weighted by atomic mass is 10.0. The number of halogens is 1. The van der Waals surface area contributed by atoms with Gasteiger partial charge in [0.15, 0.2) is 0 Å². The Morgan fingerprint density at radius 2 is 1.56 bits per heavy atom. The van der Waals surface area contributed by atoms with E-state index in [4.69, 9.17) is 25.4 Å².